The zero-order valence-corrected chi connectivity index (χ0v) is 18.7. The summed E-state index contributed by atoms with van der Waals surface area (Å²) in [5.74, 6) is 2.40. The Kier molecular flexibility index (Phi) is 6.90. The van der Waals surface area contributed by atoms with E-state index in [-0.39, 0.29) is 48.6 Å². The van der Waals surface area contributed by atoms with Crippen LogP contribution in [0.15, 0.2) is 35.6 Å². The number of alkyl halides is 6. The molecule has 1 aliphatic rings. The summed E-state index contributed by atoms with van der Waals surface area (Å²) in [5.41, 5.74) is -1.35. The third-order valence-electron chi connectivity index (χ3n) is 5.20. The maximum absolute atomic E-state index is 13.1. The van der Waals surface area contributed by atoms with Gasteiger partial charge < -0.3 is 15.7 Å². The van der Waals surface area contributed by atoms with Gasteiger partial charge in [0.1, 0.15) is 16.8 Å². The van der Waals surface area contributed by atoms with E-state index < -0.39 is 39.6 Å². The van der Waals surface area contributed by atoms with Crippen molar-refractivity contribution < 1.29 is 39.9 Å². The van der Waals surface area contributed by atoms with Crippen molar-refractivity contribution in [3.8, 4) is 12.0 Å². The normalized spacial score (nSPS) is 18.2. The first-order valence-electron chi connectivity index (χ1n) is 9.72. The first-order chi connectivity index (χ1) is 16.1. The lowest BCUT2D eigenvalue weighted by molar-refractivity contribution is -0.376. The van der Waals surface area contributed by atoms with Crippen molar-refractivity contribution in [2.24, 2.45) is 0 Å². The Bertz CT molecular complexity index is 1210. The van der Waals surface area contributed by atoms with Crippen LogP contribution in [0, 0.1) is 12.0 Å². The Hall–Kier alpha value is -3.16. The van der Waals surface area contributed by atoms with Gasteiger partial charge >= 0.3 is 12.4 Å². The molecule has 1 fully saturated rings. The number of hydrogen-bond donors (Lipinski definition) is 2. The summed E-state index contributed by atoms with van der Waals surface area (Å²) in [4.78, 5) is 12.2. The third-order valence-corrected chi connectivity index (χ3v) is 7.05. The molecule has 1 aliphatic heterocycles. The minimum Gasteiger partial charge on any atom is -0.384 e. The quantitative estimate of drug-likeness (QED) is 0.458. The lowest BCUT2D eigenvalue weighted by atomic mass is 9.95. The molecule has 35 heavy (non-hydrogen) atoms. The molecule has 1 atom stereocenters. The SMILES string of the molecule is CC#CN1CCN(S(=O)(=O)c2ccc(N)nc2)CC1c1ncc(C(O)(C(F)(F)F)C(F)(F)F)cn1. The number of aromatic nitrogens is 3. The van der Waals surface area contributed by atoms with Crippen LogP contribution in [-0.4, -0.2) is 69.7 Å². The molecule has 16 heteroatoms. The molecule has 0 aromatic carbocycles. The molecule has 0 amide bonds. The minimum atomic E-state index is -6.10. The van der Waals surface area contributed by atoms with Crippen LogP contribution in [0.5, 0.6) is 0 Å². The summed E-state index contributed by atoms with van der Waals surface area (Å²) in [5, 5.41) is 9.52. The minimum absolute atomic E-state index is 0.0299. The number of halogens is 6. The number of nitrogens with zero attached hydrogens (tertiary/aromatic N) is 5. The van der Waals surface area contributed by atoms with E-state index in [2.05, 4.69) is 26.9 Å². The van der Waals surface area contributed by atoms with Crippen molar-refractivity contribution in [3.63, 3.8) is 0 Å². The molecule has 2 aromatic rings. The fourth-order valence-electron chi connectivity index (χ4n) is 3.35. The van der Waals surface area contributed by atoms with E-state index in [1.807, 2.05) is 0 Å². The largest absolute Gasteiger partial charge is 0.430 e. The highest BCUT2D eigenvalue weighted by atomic mass is 32.2. The summed E-state index contributed by atoms with van der Waals surface area (Å²) in [6, 6.07) is 4.18. The van der Waals surface area contributed by atoms with E-state index in [4.69, 9.17) is 5.73 Å². The fourth-order valence-corrected chi connectivity index (χ4v) is 4.74. The summed E-state index contributed by atoms with van der Waals surface area (Å²) < 4.78 is 106. The Morgan fingerprint density at radius 3 is 2.11 bits per heavy atom. The van der Waals surface area contributed by atoms with Crippen molar-refractivity contribution in [1.29, 1.82) is 0 Å². The van der Waals surface area contributed by atoms with Gasteiger partial charge in [0.15, 0.2) is 5.82 Å². The lowest BCUT2D eigenvalue weighted by Crippen LogP contribution is -2.54. The zero-order valence-electron chi connectivity index (χ0n) is 17.8. The molecule has 0 aliphatic carbocycles. The molecule has 3 N–H and O–H groups in total. The number of hydrogen-bond acceptors (Lipinski definition) is 8. The number of pyridine rings is 1. The molecule has 0 radical (unpaired) electrons. The zero-order chi connectivity index (χ0) is 26.2. The molecular formula is C19H18F6N6O3S. The van der Waals surface area contributed by atoms with Crippen LogP contribution in [0.2, 0.25) is 0 Å². The van der Waals surface area contributed by atoms with Crippen molar-refractivity contribution in [2.75, 3.05) is 25.4 Å². The van der Waals surface area contributed by atoms with Gasteiger partial charge in [0.25, 0.3) is 5.60 Å². The van der Waals surface area contributed by atoms with E-state index in [0.717, 1.165) is 10.5 Å². The second kappa shape index (κ2) is 9.13. The Morgan fingerprint density at radius 1 is 1.03 bits per heavy atom. The number of nitrogen functional groups attached to an aromatic ring is 1. The van der Waals surface area contributed by atoms with E-state index in [1.54, 1.807) is 0 Å². The lowest BCUT2D eigenvalue weighted by Gasteiger charge is -2.38. The van der Waals surface area contributed by atoms with Crippen molar-refractivity contribution in [1.82, 2.24) is 24.2 Å². The monoisotopic (exact) mass is 524 g/mol. The van der Waals surface area contributed by atoms with Crippen molar-refractivity contribution >= 4 is 15.8 Å². The highest BCUT2D eigenvalue weighted by Gasteiger charge is 2.71. The second-order valence-electron chi connectivity index (χ2n) is 7.39. The van der Waals surface area contributed by atoms with Crippen LogP contribution >= 0.6 is 0 Å². The number of piperazine rings is 1. The molecule has 1 unspecified atom stereocenters. The van der Waals surface area contributed by atoms with Gasteiger partial charge in [-0.15, -0.1) is 0 Å². The summed E-state index contributed by atoms with van der Waals surface area (Å²) in [6.45, 7) is 1.17. The molecule has 0 saturated carbocycles. The van der Waals surface area contributed by atoms with Crippen molar-refractivity contribution in [2.45, 2.75) is 35.8 Å². The van der Waals surface area contributed by atoms with Gasteiger partial charge in [-0.2, -0.15) is 30.6 Å². The molecule has 9 nitrogen and oxygen atoms in total. The number of anilines is 1. The molecular weight excluding hydrogens is 506 g/mol. The second-order valence-corrected chi connectivity index (χ2v) is 9.33. The highest BCUT2D eigenvalue weighted by molar-refractivity contribution is 7.89. The Morgan fingerprint density at radius 2 is 1.63 bits per heavy atom. The van der Waals surface area contributed by atoms with Gasteiger partial charge in [0.05, 0.1) is 0 Å². The average Bonchev–Trinajstić information content (AvgIpc) is 2.78. The predicted octanol–water partition coefficient (Wildman–Crippen LogP) is 1.79. The summed E-state index contributed by atoms with van der Waals surface area (Å²) in [6.07, 6.45) is -10.7. The van der Waals surface area contributed by atoms with Crippen LogP contribution in [0.25, 0.3) is 0 Å². The topological polar surface area (TPSA) is 126 Å². The van der Waals surface area contributed by atoms with E-state index in [0.29, 0.717) is 0 Å². The van der Waals surface area contributed by atoms with E-state index in [1.165, 1.54) is 24.0 Å². The maximum Gasteiger partial charge on any atom is 0.430 e. The summed E-state index contributed by atoms with van der Waals surface area (Å²) >= 11 is 0. The molecule has 0 bridgehead atoms. The van der Waals surface area contributed by atoms with Crippen LogP contribution in [-0.2, 0) is 15.6 Å². The summed E-state index contributed by atoms with van der Waals surface area (Å²) in [7, 11) is -4.08. The molecule has 1 saturated heterocycles. The number of nitrogens with two attached hydrogens (primary N) is 1. The smallest absolute Gasteiger partial charge is 0.384 e. The highest BCUT2D eigenvalue weighted by Crippen LogP contribution is 2.49. The van der Waals surface area contributed by atoms with E-state index >= 15 is 0 Å². The van der Waals surface area contributed by atoms with Crippen LogP contribution < -0.4 is 5.73 Å². The van der Waals surface area contributed by atoms with Gasteiger partial charge in [0.2, 0.25) is 10.0 Å². The molecule has 3 heterocycles. The number of aliphatic hydroxyl groups is 1. The average molecular weight is 524 g/mol. The van der Waals surface area contributed by atoms with Gasteiger partial charge in [-0.05, 0) is 19.1 Å². The third kappa shape index (κ3) is 4.83. The number of sulfonamides is 1. The molecule has 2 aromatic heterocycles. The van der Waals surface area contributed by atoms with Gasteiger partial charge in [-0.3, -0.25) is 0 Å². The van der Waals surface area contributed by atoms with Crippen LogP contribution in [0.1, 0.15) is 24.4 Å². The van der Waals surface area contributed by atoms with Gasteiger partial charge in [-0.1, -0.05) is 5.92 Å². The van der Waals surface area contributed by atoms with Crippen LogP contribution in [0.4, 0.5) is 32.2 Å². The number of rotatable bonds is 4. The first kappa shape index (κ1) is 26.4. The van der Waals surface area contributed by atoms with Crippen LogP contribution in [0.3, 0.4) is 0 Å². The Labute approximate surface area is 195 Å². The van der Waals surface area contributed by atoms with Gasteiger partial charge in [-0.25, -0.2) is 23.4 Å². The molecule has 0 spiro atoms. The molecule has 3 rings (SSSR count). The standard InChI is InChI=1S/C19H18F6N6O3S/c1-2-5-30-6-7-31(35(33,34)13-3-4-15(26)27-10-13)11-14(30)16-28-8-12(9-29-16)17(32,18(20,21)22)19(23,24)25/h3-4,8-10,14,32H,6-7,11H2,1H3,(H2,26,27). The van der Waals surface area contributed by atoms with E-state index in [9.17, 15) is 39.9 Å². The predicted molar refractivity (Wildman–Crippen MR) is 108 cm³/mol. The maximum atomic E-state index is 13.1. The van der Waals surface area contributed by atoms with Crippen molar-refractivity contribution in [3.05, 3.63) is 42.1 Å². The molecule has 190 valence electrons. The first-order valence-corrected chi connectivity index (χ1v) is 11.2. The Balaban J connectivity index is 1.98. The van der Waals surface area contributed by atoms with Gasteiger partial charge in [0, 0.05) is 49.8 Å². The fraction of sp³-hybridized carbons (Fsp3) is 0.421.